The monoisotopic (exact) mass is 218 g/mol. The van der Waals surface area contributed by atoms with E-state index in [0.29, 0.717) is 6.42 Å². The third-order valence-corrected chi connectivity index (χ3v) is 2.69. The Kier molecular flexibility index (Phi) is 2.95. The number of hydrogen-bond donors (Lipinski definition) is 1. The molecule has 0 aliphatic heterocycles. The minimum Gasteiger partial charge on any atom is -0.481 e. The predicted octanol–water partition coefficient (Wildman–Crippen LogP) is 3.01. The molecule has 0 fully saturated rings. The molecule has 0 radical (unpaired) electrons. The van der Waals surface area contributed by atoms with E-state index in [9.17, 15) is 4.79 Å². The van der Waals surface area contributed by atoms with Gasteiger partial charge in [-0.3, -0.25) is 4.79 Å². The number of rotatable bonds is 4. The lowest BCUT2D eigenvalue weighted by atomic mass is 10.0. The number of hydrogen-bond acceptors (Lipinski definition) is 2. The third kappa shape index (κ3) is 1.94. The molecule has 1 aromatic carbocycles. The van der Waals surface area contributed by atoms with E-state index in [1.54, 1.807) is 0 Å². The number of aryl methyl sites for hydroxylation is 2. The van der Waals surface area contributed by atoms with Gasteiger partial charge in [0, 0.05) is 23.8 Å². The largest absolute Gasteiger partial charge is 0.481 e. The summed E-state index contributed by atoms with van der Waals surface area (Å²) in [6.07, 6.45) is 1.48. The molecule has 0 amide bonds. The quantitative estimate of drug-likeness (QED) is 0.858. The van der Waals surface area contributed by atoms with Crippen LogP contribution in [0.3, 0.4) is 0 Å². The average Bonchev–Trinajstić information content (AvgIpc) is 2.64. The number of furan rings is 1. The van der Waals surface area contributed by atoms with Crippen LogP contribution in [0.5, 0.6) is 0 Å². The molecule has 0 atom stereocenters. The number of carboxylic acid groups (broad SMARTS) is 1. The molecule has 2 rings (SSSR count). The van der Waals surface area contributed by atoms with Crippen LogP contribution in [0.1, 0.15) is 24.7 Å². The molecule has 0 aliphatic rings. The van der Waals surface area contributed by atoms with Crippen molar-refractivity contribution >= 4 is 16.9 Å². The summed E-state index contributed by atoms with van der Waals surface area (Å²) in [7, 11) is 0. The van der Waals surface area contributed by atoms with Gasteiger partial charge in [0.1, 0.15) is 11.3 Å². The number of carboxylic acids is 1. The molecular formula is C13H14O3. The van der Waals surface area contributed by atoms with Crippen LogP contribution in [0.15, 0.2) is 28.7 Å². The summed E-state index contributed by atoms with van der Waals surface area (Å²) in [5.41, 5.74) is 1.89. The lowest BCUT2D eigenvalue weighted by Gasteiger charge is -1.98. The molecule has 0 saturated carbocycles. The van der Waals surface area contributed by atoms with E-state index >= 15 is 0 Å². The maximum absolute atomic E-state index is 10.6. The van der Waals surface area contributed by atoms with E-state index in [1.807, 2.05) is 31.2 Å². The maximum Gasteiger partial charge on any atom is 0.303 e. The van der Waals surface area contributed by atoms with Gasteiger partial charge in [0.2, 0.25) is 0 Å². The summed E-state index contributed by atoms with van der Waals surface area (Å²) < 4.78 is 5.69. The van der Waals surface area contributed by atoms with Crippen LogP contribution in [0.25, 0.3) is 11.0 Å². The summed E-state index contributed by atoms with van der Waals surface area (Å²) in [5.74, 6) is 0.134. The van der Waals surface area contributed by atoms with Crippen molar-refractivity contribution in [2.75, 3.05) is 0 Å². The van der Waals surface area contributed by atoms with Gasteiger partial charge in [0.15, 0.2) is 0 Å². The molecule has 0 bridgehead atoms. The van der Waals surface area contributed by atoms with Gasteiger partial charge in [0.05, 0.1) is 0 Å². The van der Waals surface area contributed by atoms with Crippen LogP contribution in [-0.2, 0) is 17.6 Å². The number of benzene rings is 1. The van der Waals surface area contributed by atoms with Crippen molar-refractivity contribution in [3.05, 3.63) is 35.6 Å². The van der Waals surface area contributed by atoms with Gasteiger partial charge in [-0.2, -0.15) is 0 Å². The molecule has 2 aromatic rings. The van der Waals surface area contributed by atoms with E-state index < -0.39 is 5.97 Å². The zero-order valence-electron chi connectivity index (χ0n) is 9.19. The fourth-order valence-electron chi connectivity index (χ4n) is 1.94. The Morgan fingerprint density at radius 3 is 2.81 bits per heavy atom. The minimum absolute atomic E-state index is 0.149. The number of fused-ring (bicyclic) bond motifs is 1. The predicted molar refractivity (Wildman–Crippen MR) is 61.5 cm³/mol. The fraction of sp³-hybridized carbons (Fsp3) is 0.308. The van der Waals surface area contributed by atoms with E-state index in [2.05, 4.69) is 0 Å². The van der Waals surface area contributed by atoms with Crippen LogP contribution in [-0.4, -0.2) is 11.1 Å². The smallest absolute Gasteiger partial charge is 0.303 e. The van der Waals surface area contributed by atoms with Crippen molar-refractivity contribution in [1.29, 1.82) is 0 Å². The first-order valence-electron chi connectivity index (χ1n) is 5.43. The van der Waals surface area contributed by atoms with E-state index in [0.717, 1.165) is 28.7 Å². The van der Waals surface area contributed by atoms with E-state index in [-0.39, 0.29) is 6.42 Å². The summed E-state index contributed by atoms with van der Waals surface area (Å²) in [5, 5.41) is 9.76. The molecular weight excluding hydrogens is 204 g/mol. The summed E-state index contributed by atoms with van der Waals surface area (Å²) >= 11 is 0. The van der Waals surface area contributed by atoms with Gasteiger partial charge >= 0.3 is 5.97 Å². The summed E-state index contributed by atoms with van der Waals surface area (Å²) in [6, 6.07) is 7.77. The fourth-order valence-corrected chi connectivity index (χ4v) is 1.94. The highest BCUT2D eigenvalue weighted by molar-refractivity contribution is 5.82. The van der Waals surface area contributed by atoms with Crippen molar-refractivity contribution in [3.63, 3.8) is 0 Å². The van der Waals surface area contributed by atoms with Gasteiger partial charge in [0.25, 0.3) is 0 Å². The molecule has 0 saturated heterocycles. The lowest BCUT2D eigenvalue weighted by molar-refractivity contribution is -0.136. The highest BCUT2D eigenvalue weighted by atomic mass is 16.4. The van der Waals surface area contributed by atoms with Gasteiger partial charge < -0.3 is 9.52 Å². The second-order valence-corrected chi connectivity index (χ2v) is 3.75. The standard InChI is InChI=1S/C13H14O3/c1-2-11-10(7-8-13(14)15)9-5-3-4-6-12(9)16-11/h3-6H,2,7-8H2,1H3,(H,14,15). The molecule has 84 valence electrons. The van der Waals surface area contributed by atoms with Crippen molar-refractivity contribution in [1.82, 2.24) is 0 Å². The first kappa shape index (κ1) is 10.7. The highest BCUT2D eigenvalue weighted by Gasteiger charge is 2.13. The first-order valence-corrected chi connectivity index (χ1v) is 5.43. The van der Waals surface area contributed by atoms with Gasteiger partial charge in [-0.15, -0.1) is 0 Å². The normalized spacial score (nSPS) is 10.8. The SMILES string of the molecule is CCc1oc2ccccc2c1CCC(=O)O. The highest BCUT2D eigenvalue weighted by Crippen LogP contribution is 2.27. The molecule has 0 spiro atoms. The Hall–Kier alpha value is -1.77. The van der Waals surface area contributed by atoms with Crippen LogP contribution < -0.4 is 0 Å². The van der Waals surface area contributed by atoms with Gasteiger partial charge in [-0.05, 0) is 12.5 Å². The Balaban J connectivity index is 2.43. The summed E-state index contributed by atoms with van der Waals surface area (Å²) in [4.78, 5) is 10.6. The number of para-hydroxylation sites is 1. The summed E-state index contributed by atoms with van der Waals surface area (Å²) in [6.45, 7) is 2.02. The Morgan fingerprint density at radius 2 is 2.12 bits per heavy atom. The number of aliphatic carboxylic acids is 1. The maximum atomic E-state index is 10.6. The van der Waals surface area contributed by atoms with Crippen LogP contribution >= 0.6 is 0 Å². The second kappa shape index (κ2) is 4.39. The molecule has 0 unspecified atom stereocenters. The molecule has 3 nitrogen and oxygen atoms in total. The first-order chi connectivity index (χ1) is 7.72. The topological polar surface area (TPSA) is 50.4 Å². The Labute approximate surface area is 93.7 Å². The van der Waals surface area contributed by atoms with E-state index in [4.69, 9.17) is 9.52 Å². The molecule has 3 heteroatoms. The van der Waals surface area contributed by atoms with Crippen molar-refractivity contribution in [2.45, 2.75) is 26.2 Å². The van der Waals surface area contributed by atoms with Crippen LogP contribution in [0.4, 0.5) is 0 Å². The van der Waals surface area contributed by atoms with Gasteiger partial charge in [-0.1, -0.05) is 25.1 Å². The molecule has 1 N–H and O–H groups in total. The number of carbonyl (C=O) groups is 1. The third-order valence-electron chi connectivity index (χ3n) is 2.69. The van der Waals surface area contributed by atoms with Crippen molar-refractivity contribution in [2.24, 2.45) is 0 Å². The lowest BCUT2D eigenvalue weighted by Crippen LogP contribution is -1.98. The van der Waals surface area contributed by atoms with E-state index in [1.165, 1.54) is 0 Å². The molecule has 1 heterocycles. The average molecular weight is 218 g/mol. The van der Waals surface area contributed by atoms with Crippen molar-refractivity contribution < 1.29 is 14.3 Å². The zero-order chi connectivity index (χ0) is 11.5. The molecule has 0 aliphatic carbocycles. The van der Waals surface area contributed by atoms with Crippen molar-refractivity contribution in [3.8, 4) is 0 Å². The van der Waals surface area contributed by atoms with Crippen LogP contribution in [0.2, 0.25) is 0 Å². The Morgan fingerprint density at radius 1 is 1.38 bits per heavy atom. The minimum atomic E-state index is -0.771. The molecule has 16 heavy (non-hydrogen) atoms. The van der Waals surface area contributed by atoms with Crippen LogP contribution in [0, 0.1) is 0 Å². The van der Waals surface area contributed by atoms with Gasteiger partial charge in [-0.25, -0.2) is 0 Å². The zero-order valence-corrected chi connectivity index (χ0v) is 9.19. The Bertz CT molecular complexity index is 511. The second-order valence-electron chi connectivity index (χ2n) is 3.75. The molecule has 1 aromatic heterocycles.